The van der Waals surface area contributed by atoms with Gasteiger partial charge in [0, 0.05) is 5.56 Å². The van der Waals surface area contributed by atoms with Gasteiger partial charge in [-0.25, -0.2) is 4.39 Å². The van der Waals surface area contributed by atoms with Crippen molar-refractivity contribution in [2.45, 2.75) is 6.92 Å². The number of alkyl halides is 1. The van der Waals surface area contributed by atoms with Crippen molar-refractivity contribution in [3.05, 3.63) is 34.6 Å². The van der Waals surface area contributed by atoms with Crippen molar-refractivity contribution in [2.24, 2.45) is 0 Å². The van der Waals surface area contributed by atoms with E-state index in [4.69, 9.17) is 16.9 Å². The molecule has 0 saturated carbocycles. The topological polar surface area (TPSA) is 40.9 Å². The van der Waals surface area contributed by atoms with Gasteiger partial charge in [0.15, 0.2) is 5.78 Å². The van der Waals surface area contributed by atoms with E-state index in [1.807, 2.05) is 0 Å². The van der Waals surface area contributed by atoms with Gasteiger partial charge in [0.25, 0.3) is 0 Å². The van der Waals surface area contributed by atoms with Crippen LogP contribution in [0.1, 0.15) is 21.5 Å². The molecule has 14 heavy (non-hydrogen) atoms. The zero-order valence-electron chi connectivity index (χ0n) is 7.47. The Kier molecular flexibility index (Phi) is 3.21. The van der Waals surface area contributed by atoms with E-state index in [9.17, 15) is 9.18 Å². The Labute approximate surface area is 85.9 Å². The van der Waals surface area contributed by atoms with Gasteiger partial charge in [-0.1, -0.05) is 0 Å². The molecular formula is C10H7ClFNO. The van der Waals surface area contributed by atoms with Crippen LogP contribution in [-0.2, 0) is 0 Å². The van der Waals surface area contributed by atoms with Gasteiger partial charge in [0.2, 0.25) is 0 Å². The highest BCUT2D eigenvalue weighted by Gasteiger charge is 2.12. The Morgan fingerprint density at radius 3 is 2.79 bits per heavy atom. The molecule has 0 spiro atoms. The van der Waals surface area contributed by atoms with Crippen LogP contribution in [0.15, 0.2) is 12.1 Å². The Morgan fingerprint density at radius 2 is 2.29 bits per heavy atom. The van der Waals surface area contributed by atoms with Gasteiger partial charge in [-0.3, -0.25) is 4.79 Å². The number of hydrogen-bond donors (Lipinski definition) is 0. The average molecular weight is 212 g/mol. The summed E-state index contributed by atoms with van der Waals surface area (Å²) in [6, 6.07) is 4.16. The lowest BCUT2D eigenvalue weighted by Gasteiger charge is -2.03. The maximum Gasteiger partial charge on any atom is 0.178 e. The van der Waals surface area contributed by atoms with Crippen LogP contribution in [0.25, 0.3) is 0 Å². The highest BCUT2D eigenvalue weighted by Crippen LogP contribution is 2.15. The molecule has 0 aromatic heterocycles. The molecule has 0 radical (unpaired) electrons. The molecule has 1 aromatic carbocycles. The molecule has 0 aliphatic heterocycles. The average Bonchev–Trinajstić information content (AvgIpc) is 2.20. The van der Waals surface area contributed by atoms with Crippen molar-refractivity contribution in [2.75, 3.05) is 5.88 Å². The van der Waals surface area contributed by atoms with Crippen LogP contribution in [0, 0.1) is 24.1 Å². The molecule has 2 nitrogen and oxygen atoms in total. The van der Waals surface area contributed by atoms with Crippen LogP contribution in [0.3, 0.4) is 0 Å². The van der Waals surface area contributed by atoms with E-state index in [0.717, 1.165) is 6.07 Å². The first-order chi connectivity index (χ1) is 6.60. The molecule has 0 amide bonds. The van der Waals surface area contributed by atoms with Crippen molar-refractivity contribution in [1.82, 2.24) is 0 Å². The van der Waals surface area contributed by atoms with Crippen LogP contribution in [0.2, 0.25) is 0 Å². The van der Waals surface area contributed by atoms with Crippen molar-refractivity contribution < 1.29 is 9.18 Å². The highest BCUT2D eigenvalue weighted by molar-refractivity contribution is 6.30. The molecule has 0 heterocycles. The number of carbonyl (C=O) groups excluding carboxylic acids is 1. The number of rotatable bonds is 2. The third-order valence-corrected chi connectivity index (χ3v) is 2.08. The largest absolute Gasteiger partial charge is 0.293 e. The smallest absolute Gasteiger partial charge is 0.178 e. The van der Waals surface area contributed by atoms with Crippen molar-refractivity contribution in [3.63, 3.8) is 0 Å². The van der Waals surface area contributed by atoms with Crippen molar-refractivity contribution in [1.29, 1.82) is 5.26 Å². The first kappa shape index (κ1) is 10.7. The third kappa shape index (κ3) is 1.91. The quantitative estimate of drug-likeness (QED) is 0.557. The Morgan fingerprint density at radius 1 is 1.64 bits per heavy atom. The summed E-state index contributed by atoms with van der Waals surface area (Å²) < 4.78 is 13.0. The molecule has 0 fully saturated rings. The number of nitriles is 1. The molecule has 4 heteroatoms. The lowest BCUT2D eigenvalue weighted by Crippen LogP contribution is -2.05. The SMILES string of the molecule is Cc1cc(C(=O)CCl)c(C#N)cc1F. The summed E-state index contributed by atoms with van der Waals surface area (Å²) in [5, 5.41) is 8.67. The Hall–Kier alpha value is -1.40. The maximum absolute atomic E-state index is 13.0. The second-order valence-corrected chi connectivity index (χ2v) is 3.08. The third-order valence-electron chi connectivity index (χ3n) is 1.84. The van der Waals surface area contributed by atoms with E-state index in [1.165, 1.54) is 13.0 Å². The van der Waals surface area contributed by atoms with Gasteiger partial charge < -0.3 is 0 Å². The second-order valence-electron chi connectivity index (χ2n) is 2.82. The fourth-order valence-electron chi connectivity index (χ4n) is 1.08. The Bertz CT molecular complexity index is 423. The molecule has 1 aromatic rings. The summed E-state index contributed by atoms with van der Waals surface area (Å²) in [7, 11) is 0. The lowest BCUT2D eigenvalue weighted by molar-refractivity contribution is 0.102. The van der Waals surface area contributed by atoms with Crippen LogP contribution < -0.4 is 0 Å². The minimum absolute atomic E-state index is 0.0266. The summed E-state index contributed by atoms with van der Waals surface area (Å²) in [4.78, 5) is 11.3. The fraction of sp³-hybridized carbons (Fsp3) is 0.200. The summed E-state index contributed by atoms with van der Waals surface area (Å²) in [5.41, 5.74) is 0.539. The molecule has 0 aliphatic rings. The van der Waals surface area contributed by atoms with E-state index in [2.05, 4.69) is 0 Å². The van der Waals surface area contributed by atoms with E-state index < -0.39 is 5.82 Å². The summed E-state index contributed by atoms with van der Waals surface area (Å²) >= 11 is 5.35. The van der Waals surface area contributed by atoms with Crippen LogP contribution >= 0.6 is 11.6 Å². The van der Waals surface area contributed by atoms with Crippen LogP contribution in [0.5, 0.6) is 0 Å². The molecule has 1 rings (SSSR count). The molecule has 0 unspecified atom stereocenters. The van der Waals surface area contributed by atoms with E-state index in [0.29, 0.717) is 5.56 Å². The van der Waals surface area contributed by atoms with Gasteiger partial charge in [0.05, 0.1) is 17.5 Å². The number of nitrogens with zero attached hydrogens (tertiary/aromatic N) is 1. The predicted octanol–water partition coefficient (Wildman–Crippen LogP) is 2.43. The maximum atomic E-state index is 13.0. The van der Waals surface area contributed by atoms with Crippen molar-refractivity contribution >= 4 is 17.4 Å². The number of ketones is 1. The molecule has 0 aliphatic carbocycles. The lowest BCUT2D eigenvalue weighted by atomic mass is 10.0. The zero-order valence-corrected chi connectivity index (χ0v) is 8.23. The number of halogens is 2. The normalized spacial score (nSPS) is 9.57. The second kappa shape index (κ2) is 4.21. The van der Waals surface area contributed by atoms with Gasteiger partial charge in [-0.2, -0.15) is 5.26 Å². The van der Waals surface area contributed by atoms with Gasteiger partial charge in [-0.05, 0) is 24.6 Å². The molecule has 72 valence electrons. The van der Waals surface area contributed by atoms with Gasteiger partial charge in [0.1, 0.15) is 5.82 Å². The number of Topliss-reactive ketones (excluding diaryl/α,β-unsaturated/α-hetero) is 1. The minimum Gasteiger partial charge on any atom is -0.293 e. The zero-order chi connectivity index (χ0) is 10.7. The van der Waals surface area contributed by atoms with Gasteiger partial charge >= 0.3 is 0 Å². The molecular weight excluding hydrogens is 205 g/mol. The standard InChI is InChI=1S/C10H7ClFNO/c1-6-2-8(10(14)4-11)7(5-13)3-9(6)12/h2-3H,4H2,1H3. The summed E-state index contributed by atoms with van der Waals surface area (Å²) in [5.74, 6) is -1.07. The van der Waals surface area contributed by atoms with Crippen molar-refractivity contribution in [3.8, 4) is 6.07 Å². The van der Waals surface area contributed by atoms with E-state index in [-0.39, 0.29) is 22.8 Å². The van der Waals surface area contributed by atoms with E-state index >= 15 is 0 Å². The summed E-state index contributed by atoms with van der Waals surface area (Å²) in [6.45, 7) is 1.53. The molecule has 0 N–H and O–H groups in total. The molecule has 0 atom stereocenters. The van der Waals surface area contributed by atoms with E-state index in [1.54, 1.807) is 6.07 Å². The van der Waals surface area contributed by atoms with Crippen LogP contribution in [-0.4, -0.2) is 11.7 Å². The van der Waals surface area contributed by atoms with Crippen LogP contribution in [0.4, 0.5) is 4.39 Å². The number of hydrogen-bond acceptors (Lipinski definition) is 2. The first-order valence-corrected chi connectivity index (χ1v) is 4.43. The minimum atomic E-state index is -0.493. The Balaban J connectivity index is 3.36. The monoisotopic (exact) mass is 211 g/mol. The molecule has 0 saturated heterocycles. The highest BCUT2D eigenvalue weighted by atomic mass is 35.5. The summed E-state index contributed by atoms with van der Waals surface area (Å²) in [6.07, 6.45) is 0. The molecule has 0 bridgehead atoms. The number of carbonyl (C=O) groups is 1. The first-order valence-electron chi connectivity index (χ1n) is 3.89. The number of aryl methyl sites for hydroxylation is 1. The number of benzene rings is 1. The predicted molar refractivity (Wildman–Crippen MR) is 50.9 cm³/mol. The van der Waals surface area contributed by atoms with Gasteiger partial charge in [-0.15, -0.1) is 11.6 Å². The fourth-order valence-corrected chi connectivity index (χ4v) is 1.22.